The minimum atomic E-state index is -3.33. The Morgan fingerprint density at radius 1 is 1.04 bits per heavy atom. The predicted molar refractivity (Wildman–Crippen MR) is 109 cm³/mol. The molecule has 0 heterocycles. The van der Waals surface area contributed by atoms with E-state index in [2.05, 4.69) is 30.0 Å². The second kappa shape index (κ2) is 9.19. The number of allylic oxidation sites excluding steroid dienone is 2. The van der Waals surface area contributed by atoms with E-state index in [4.69, 9.17) is 9.05 Å². The summed E-state index contributed by atoms with van der Waals surface area (Å²) in [6, 6.07) is 14.3. The largest absolute Gasteiger partial charge is 0.358 e. The summed E-state index contributed by atoms with van der Waals surface area (Å²) in [4.78, 5) is 0. The van der Waals surface area contributed by atoms with Crippen molar-refractivity contribution >= 4 is 18.4 Å². The van der Waals surface area contributed by atoms with Crippen molar-refractivity contribution in [1.82, 2.24) is 0 Å². The summed E-state index contributed by atoms with van der Waals surface area (Å²) in [7, 11) is -3.33. The summed E-state index contributed by atoms with van der Waals surface area (Å²) in [5, 5.41) is 2.93. The standard InChI is InChI=1S/C22H27O3P/c1-6-24-26(23,25-7-2)22(17(3)4)18(5)15-16-20-13-10-12-19-11-8-9-14-21(19)20/h8-14,18H,6-7H2,1-5H3. The molecule has 2 aromatic rings. The predicted octanol–water partition coefficient (Wildman–Crippen LogP) is 6.39. The molecule has 0 N–H and O–H groups in total. The summed E-state index contributed by atoms with van der Waals surface area (Å²) in [6.07, 6.45) is 0. The van der Waals surface area contributed by atoms with Gasteiger partial charge in [-0.2, -0.15) is 0 Å². The lowest BCUT2D eigenvalue weighted by atomic mass is 10.0. The number of rotatable bonds is 6. The van der Waals surface area contributed by atoms with Gasteiger partial charge in [0, 0.05) is 5.56 Å². The number of fused-ring (bicyclic) bond motifs is 1. The van der Waals surface area contributed by atoms with E-state index in [1.807, 2.05) is 58.9 Å². The molecule has 0 aliphatic carbocycles. The Morgan fingerprint density at radius 3 is 2.27 bits per heavy atom. The van der Waals surface area contributed by atoms with E-state index in [1.54, 1.807) is 0 Å². The van der Waals surface area contributed by atoms with E-state index in [-0.39, 0.29) is 5.92 Å². The van der Waals surface area contributed by atoms with Crippen molar-refractivity contribution in [2.45, 2.75) is 34.6 Å². The molecule has 0 saturated heterocycles. The lowest BCUT2D eigenvalue weighted by molar-refractivity contribution is 0.224. The Morgan fingerprint density at radius 2 is 1.65 bits per heavy atom. The Balaban J connectivity index is 2.44. The van der Waals surface area contributed by atoms with Gasteiger partial charge in [-0.25, -0.2) is 0 Å². The van der Waals surface area contributed by atoms with E-state index < -0.39 is 7.60 Å². The van der Waals surface area contributed by atoms with E-state index in [0.29, 0.717) is 18.5 Å². The van der Waals surface area contributed by atoms with Crippen molar-refractivity contribution in [3.63, 3.8) is 0 Å². The van der Waals surface area contributed by atoms with Crippen LogP contribution >= 0.6 is 7.60 Å². The smallest absolute Gasteiger partial charge is 0.306 e. The molecule has 0 aliphatic rings. The van der Waals surface area contributed by atoms with E-state index in [9.17, 15) is 4.57 Å². The first-order valence-corrected chi connectivity index (χ1v) is 10.5. The van der Waals surface area contributed by atoms with Crippen molar-refractivity contribution in [3.8, 4) is 11.8 Å². The van der Waals surface area contributed by atoms with Crippen molar-refractivity contribution in [2.24, 2.45) is 5.92 Å². The van der Waals surface area contributed by atoms with Gasteiger partial charge < -0.3 is 9.05 Å². The van der Waals surface area contributed by atoms with Gasteiger partial charge in [0.2, 0.25) is 0 Å². The van der Waals surface area contributed by atoms with Gasteiger partial charge in [0.15, 0.2) is 0 Å². The molecule has 1 unspecified atom stereocenters. The molecule has 1 atom stereocenters. The maximum absolute atomic E-state index is 13.2. The first-order chi connectivity index (χ1) is 12.4. The normalized spacial score (nSPS) is 12.3. The molecule has 0 saturated carbocycles. The summed E-state index contributed by atoms with van der Waals surface area (Å²) in [5.74, 6) is 6.28. The number of hydrogen-bond donors (Lipinski definition) is 0. The average molecular weight is 370 g/mol. The second-order valence-corrected chi connectivity index (χ2v) is 8.23. The third-order valence-electron chi connectivity index (χ3n) is 4.03. The van der Waals surface area contributed by atoms with Gasteiger partial charge in [-0.1, -0.05) is 53.8 Å². The molecule has 0 amide bonds. The van der Waals surface area contributed by atoms with Crippen LogP contribution < -0.4 is 0 Å². The third-order valence-corrected chi connectivity index (χ3v) is 6.65. The van der Waals surface area contributed by atoms with E-state index in [0.717, 1.165) is 21.9 Å². The summed E-state index contributed by atoms with van der Waals surface area (Å²) in [6.45, 7) is 10.1. The van der Waals surface area contributed by atoms with Crippen LogP contribution in [-0.4, -0.2) is 13.2 Å². The highest BCUT2D eigenvalue weighted by atomic mass is 31.2. The summed E-state index contributed by atoms with van der Waals surface area (Å²) >= 11 is 0. The molecular formula is C22H27O3P. The van der Waals surface area contributed by atoms with Crippen LogP contribution in [0.25, 0.3) is 10.8 Å². The molecule has 0 spiro atoms. The van der Waals surface area contributed by atoms with Gasteiger partial charge in [-0.05, 0) is 51.5 Å². The third kappa shape index (κ3) is 4.65. The second-order valence-electron chi connectivity index (χ2n) is 6.24. The highest BCUT2D eigenvalue weighted by Crippen LogP contribution is 2.59. The topological polar surface area (TPSA) is 35.5 Å². The van der Waals surface area contributed by atoms with Gasteiger partial charge >= 0.3 is 7.60 Å². The molecule has 0 aliphatic heterocycles. The molecule has 26 heavy (non-hydrogen) atoms. The minimum Gasteiger partial charge on any atom is -0.306 e. The molecular weight excluding hydrogens is 343 g/mol. The number of benzene rings is 2. The monoisotopic (exact) mass is 370 g/mol. The van der Waals surface area contributed by atoms with Crippen molar-refractivity contribution in [1.29, 1.82) is 0 Å². The Bertz CT molecular complexity index is 883. The maximum Gasteiger partial charge on any atom is 0.358 e. The molecule has 2 rings (SSSR count). The van der Waals surface area contributed by atoms with Crippen LogP contribution in [0.4, 0.5) is 0 Å². The van der Waals surface area contributed by atoms with Gasteiger partial charge in [0.05, 0.1) is 24.4 Å². The molecule has 0 bridgehead atoms. The first-order valence-electron chi connectivity index (χ1n) is 8.99. The molecule has 4 heteroatoms. The summed E-state index contributed by atoms with van der Waals surface area (Å²) in [5.41, 5.74) is 1.89. The Kier molecular flexibility index (Phi) is 7.23. The quantitative estimate of drug-likeness (QED) is 0.437. The Labute approximate surface area is 156 Å². The average Bonchev–Trinajstić information content (AvgIpc) is 2.60. The van der Waals surface area contributed by atoms with Crippen LogP contribution in [0.1, 0.15) is 40.2 Å². The van der Waals surface area contributed by atoms with Gasteiger partial charge in [-0.15, -0.1) is 0 Å². The molecule has 138 valence electrons. The van der Waals surface area contributed by atoms with Crippen LogP contribution in [0, 0.1) is 17.8 Å². The van der Waals surface area contributed by atoms with Crippen LogP contribution in [0.5, 0.6) is 0 Å². The van der Waals surface area contributed by atoms with Gasteiger partial charge in [0.1, 0.15) is 0 Å². The highest BCUT2D eigenvalue weighted by Gasteiger charge is 2.33. The van der Waals surface area contributed by atoms with Crippen molar-refractivity contribution in [3.05, 3.63) is 58.9 Å². The van der Waals surface area contributed by atoms with Crippen LogP contribution in [0.15, 0.2) is 53.4 Å². The lowest BCUT2D eigenvalue weighted by Gasteiger charge is -2.23. The number of hydrogen-bond acceptors (Lipinski definition) is 3. The zero-order valence-electron chi connectivity index (χ0n) is 16.2. The molecule has 2 aromatic carbocycles. The SMILES string of the molecule is CCOP(=O)(OCC)C(=C(C)C)C(C)C#Cc1cccc2ccccc12. The maximum atomic E-state index is 13.2. The zero-order chi connectivity index (χ0) is 19.2. The zero-order valence-corrected chi connectivity index (χ0v) is 17.1. The van der Waals surface area contributed by atoms with Crippen LogP contribution in [0.3, 0.4) is 0 Å². The van der Waals surface area contributed by atoms with Gasteiger partial charge in [0.25, 0.3) is 0 Å². The fraction of sp³-hybridized carbons (Fsp3) is 0.364. The fourth-order valence-electron chi connectivity index (χ4n) is 3.05. The molecule has 0 radical (unpaired) electrons. The van der Waals surface area contributed by atoms with Crippen molar-refractivity contribution in [2.75, 3.05) is 13.2 Å². The molecule has 0 aromatic heterocycles. The highest BCUT2D eigenvalue weighted by molar-refractivity contribution is 7.58. The van der Waals surface area contributed by atoms with Crippen LogP contribution in [-0.2, 0) is 13.6 Å². The fourth-order valence-corrected chi connectivity index (χ4v) is 5.17. The summed E-state index contributed by atoms with van der Waals surface area (Å²) < 4.78 is 24.3. The van der Waals surface area contributed by atoms with Gasteiger partial charge in [-0.3, -0.25) is 4.57 Å². The van der Waals surface area contributed by atoms with E-state index in [1.165, 1.54) is 0 Å². The molecule has 3 nitrogen and oxygen atoms in total. The van der Waals surface area contributed by atoms with E-state index >= 15 is 0 Å². The lowest BCUT2D eigenvalue weighted by Crippen LogP contribution is -2.06. The van der Waals surface area contributed by atoms with Crippen LogP contribution in [0.2, 0.25) is 0 Å². The van der Waals surface area contributed by atoms with Crippen molar-refractivity contribution < 1.29 is 13.6 Å². The minimum absolute atomic E-state index is 0.233. The Hall–Kier alpha value is -1.85. The first kappa shape index (κ1) is 20.5. The molecule has 0 fully saturated rings.